The molecule has 6 rings (SSSR count). The maximum atomic E-state index is 4.93. The van der Waals surface area contributed by atoms with Crippen LogP contribution in [0.25, 0.3) is 26.3 Å². The molecule has 0 saturated heterocycles. The van der Waals surface area contributed by atoms with Crippen molar-refractivity contribution in [1.29, 1.82) is 0 Å². The maximum Gasteiger partial charge on any atom is 0.155 e. The monoisotopic (exact) mass is 444 g/mol. The van der Waals surface area contributed by atoms with Gasteiger partial charge in [-0.05, 0) is 65.5 Å². The van der Waals surface area contributed by atoms with Crippen LogP contribution in [-0.2, 0) is 0 Å². The van der Waals surface area contributed by atoms with E-state index < -0.39 is 0 Å². The number of aromatic nitrogens is 3. The number of para-hydroxylation sites is 1. The van der Waals surface area contributed by atoms with Crippen molar-refractivity contribution in [1.82, 2.24) is 14.8 Å². The summed E-state index contributed by atoms with van der Waals surface area (Å²) in [6.45, 7) is 0. The third kappa shape index (κ3) is 3.79. The van der Waals surface area contributed by atoms with Gasteiger partial charge in [-0.15, -0.1) is 11.3 Å². The number of nitrogens with zero attached hydrogens (tertiary/aromatic N) is 4. The Morgan fingerprint density at radius 3 is 2.36 bits per heavy atom. The van der Waals surface area contributed by atoms with Gasteiger partial charge in [0, 0.05) is 33.3 Å². The quantitative estimate of drug-likeness (QED) is 0.274. The lowest BCUT2D eigenvalue weighted by atomic mass is 10.1. The molecule has 0 saturated carbocycles. The highest BCUT2D eigenvalue weighted by molar-refractivity contribution is 7.22. The van der Waals surface area contributed by atoms with Crippen molar-refractivity contribution in [3.05, 3.63) is 122 Å². The van der Waals surface area contributed by atoms with Crippen LogP contribution in [0.15, 0.2) is 122 Å². The van der Waals surface area contributed by atoms with Gasteiger partial charge in [-0.2, -0.15) is 5.10 Å². The summed E-state index contributed by atoms with van der Waals surface area (Å²) < 4.78 is 3.08. The molecule has 33 heavy (non-hydrogen) atoms. The topological polar surface area (TPSA) is 34.0 Å². The van der Waals surface area contributed by atoms with Crippen molar-refractivity contribution in [2.75, 3.05) is 4.90 Å². The summed E-state index contributed by atoms with van der Waals surface area (Å²) >= 11 is 1.82. The molecule has 158 valence electrons. The van der Waals surface area contributed by atoms with Crippen LogP contribution in [0, 0.1) is 0 Å². The van der Waals surface area contributed by atoms with Gasteiger partial charge < -0.3 is 0 Å². The molecule has 3 aromatic carbocycles. The van der Waals surface area contributed by atoms with E-state index in [1.54, 1.807) is 10.9 Å². The summed E-state index contributed by atoms with van der Waals surface area (Å²) in [4.78, 5) is 8.37. The van der Waals surface area contributed by atoms with Gasteiger partial charge in [0.05, 0.1) is 0 Å². The number of benzene rings is 3. The Kier molecular flexibility index (Phi) is 4.94. The molecule has 6 aromatic rings. The van der Waals surface area contributed by atoms with Crippen LogP contribution in [-0.4, -0.2) is 14.8 Å². The molecule has 0 spiro atoms. The van der Waals surface area contributed by atoms with Gasteiger partial charge in [0.15, 0.2) is 5.82 Å². The summed E-state index contributed by atoms with van der Waals surface area (Å²) in [5, 5.41) is 5.62. The van der Waals surface area contributed by atoms with Crippen molar-refractivity contribution >= 4 is 38.6 Å². The lowest BCUT2D eigenvalue weighted by Crippen LogP contribution is -2.12. The second kappa shape index (κ2) is 8.37. The maximum absolute atomic E-state index is 4.93. The van der Waals surface area contributed by atoms with Gasteiger partial charge in [0.2, 0.25) is 0 Å². The lowest BCUT2D eigenvalue weighted by Gasteiger charge is -2.25. The number of hydrogen-bond acceptors (Lipinski definition) is 4. The van der Waals surface area contributed by atoms with E-state index in [4.69, 9.17) is 4.98 Å². The fraction of sp³-hybridized carbons (Fsp3) is 0. The van der Waals surface area contributed by atoms with Crippen LogP contribution >= 0.6 is 11.3 Å². The van der Waals surface area contributed by atoms with Crippen molar-refractivity contribution < 1.29 is 0 Å². The Morgan fingerprint density at radius 2 is 1.52 bits per heavy atom. The first-order chi connectivity index (χ1) is 16.3. The molecule has 0 aliphatic carbocycles. The number of thiophene rings is 1. The van der Waals surface area contributed by atoms with E-state index in [9.17, 15) is 0 Å². The third-order valence-electron chi connectivity index (χ3n) is 5.52. The Bertz CT molecular complexity index is 1490. The van der Waals surface area contributed by atoms with E-state index in [2.05, 4.69) is 88.9 Å². The Labute approximate surface area is 196 Å². The van der Waals surface area contributed by atoms with E-state index in [1.807, 2.05) is 47.9 Å². The molecule has 0 radical (unpaired) electrons. The first-order valence-corrected chi connectivity index (χ1v) is 11.6. The molecule has 0 unspecified atom stereocenters. The molecule has 0 fully saturated rings. The summed E-state index contributed by atoms with van der Waals surface area (Å²) in [6, 6.07) is 37.7. The largest absolute Gasteiger partial charge is 0.295 e. The van der Waals surface area contributed by atoms with Crippen LogP contribution in [0.1, 0.15) is 0 Å². The minimum atomic E-state index is 0.777. The highest BCUT2D eigenvalue weighted by Gasteiger charge is 2.16. The van der Waals surface area contributed by atoms with E-state index in [0.717, 1.165) is 23.0 Å². The first kappa shape index (κ1) is 19.5. The zero-order chi connectivity index (χ0) is 22.0. The van der Waals surface area contributed by atoms with Gasteiger partial charge in [-0.25, -0.2) is 9.67 Å². The van der Waals surface area contributed by atoms with Gasteiger partial charge in [0.1, 0.15) is 5.82 Å². The number of rotatable bonds is 5. The Morgan fingerprint density at radius 1 is 0.697 bits per heavy atom. The average molecular weight is 445 g/mol. The standard InChI is InChI=1S/C28H20N4S/c1-2-11-23(12-3-1)32(28-16-7-15-27(30-28)31-18-8-17-29-31)24-13-6-10-21(19-24)26-20-22-9-4-5-14-25(22)33-26/h1-20H. The highest BCUT2D eigenvalue weighted by atomic mass is 32.1. The Hall–Kier alpha value is -4.22. The van der Waals surface area contributed by atoms with Crippen LogP contribution < -0.4 is 4.90 Å². The predicted molar refractivity (Wildman–Crippen MR) is 137 cm³/mol. The minimum Gasteiger partial charge on any atom is -0.295 e. The first-order valence-electron chi connectivity index (χ1n) is 10.8. The summed E-state index contributed by atoms with van der Waals surface area (Å²) in [7, 11) is 0. The zero-order valence-electron chi connectivity index (χ0n) is 17.7. The van der Waals surface area contributed by atoms with Gasteiger partial charge >= 0.3 is 0 Å². The molecule has 0 bridgehead atoms. The highest BCUT2D eigenvalue weighted by Crippen LogP contribution is 2.38. The summed E-state index contributed by atoms with van der Waals surface area (Å²) in [6.07, 6.45) is 3.67. The van der Waals surface area contributed by atoms with Crippen molar-refractivity contribution in [2.24, 2.45) is 0 Å². The van der Waals surface area contributed by atoms with Crippen LogP contribution in [0.4, 0.5) is 17.2 Å². The number of anilines is 3. The average Bonchev–Trinajstić information content (AvgIpc) is 3.56. The second-order valence-electron chi connectivity index (χ2n) is 7.67. The molecule has 0 aliphatic rings. The molecular weight excluding hydrogens is 424 g/mol. The Balaban J connectivity index is 1.48. The summed E-state index contributed by atoms with van der Waals surface area (Å²) in [5.41, 5.74) is 3.30. The van der Waals surface area contributed by atoms with Crippen molar-refractivity contribution in [2.45, 2.75) is 0 Å². The molecule has 4 nitrogen and oxygen atoms in total. The van der Waals surface area contributed by atoms with Gasteiger partial charge in [-0.3, -0.25) is 4.90 Å². The van der Waals surface area contributed by atoms with Gasteiger partial charge in [-0.1, -0.05) is 54.6 Å². The molecule has 0 atom stereocenters. The van der Waals surface area contributed by atoms with Crippen LogP contribution in [0.2, 0.25) is 0 Å². The van der Waals surface area contributed by atoms with Crippen molar-refractivity contribution in [3.63, 3.8) is 0 Å². The fourth-order valence-corrected chi connectivity index (χ4v) is 5.04. The van der Waals surface area contributed by atoms with Crippen LogP contribution in [0.5, 0.6) is 0 Å². The fourth-order valence-electron chi connectivity index (χ4n) is 3.98. The molecule has 3 aromatic heterocycles. The van der Waals surface area contributed by atoms with Gasteiger partial charge in [0.25, 0.3) is 0 Å². The zero-order valence-corrected chi connectivity index (χ0v) is 18.6. The van der Waals surface area contributed by atoms with Crippen molar-refractivity contribution in [3.8, 4) is 16.3 Å². The van der Waals surface area contributed by atoms with E-state index in [1.165, 1.54) is 20.5 Å². The smallest absolute Gasteiger partial charge is 0.155 e. The molecule has 3 heterocycles. The van der Waals surface area contributed by atoms with Crippen LogP contribution in [0.3, 0.4) is 0 Å². The number of pyridine rings is 1. The molecular formula is C28H20N4S. The summed E-state index contributed by atoms with van der Waals surface area (Å²) in [5.74, 6) is 1.61. The molecule has 5 heteroatoms. The number of hydrogen-bond donors (Lipinski definition) is 0. The predicted octanol–water partition coefficient (Wildman–Crippen LogP) is 7.62. The second-order valence-corrected chi connectivity index (χ2v) is 8.76. The normalized spacial score (nSPS) is 11.0. The SMILES string of the molecule is c1ccc(N(c2cccc(-c3cc4ccccc4s3)c2)c2cccc(-n3cccn3)n2)cc1. The third-order valence-corrected chi connectivity index (χ3v) is 6.68. The van der Waals surface area contributed by atoms with E-state index in [0.29, 0.717) is 0 Å². The lowest BCUT2D eigenvalue weighted by molar-refractivity contribution is 0.846. The minimum absolute atomic E-state index is 0.777. The molecule has 0 N–H and O–H groups in total. The van der Waals surface area contributed by atoms with E-state index >= 15 is 0 Å². The van der Waals surface area contributed by atoms with E-state index in [-0.39, 0.29) is 0 Å². The number of fused-ring (bicyclic) bond motifs is 1. The molecule has 0 amide bonds. The molecule has 0 aliphatic heterocycles.